The number of rotatable bonds is 2. The van der Waals surface area contributed by atoms with E-state index >= 15 is 0 Å². The highest BCUT2D eigenvalue weighted by atomic mass is 32.1. The number of hydrogen-bond acceptors (Lipinski definition) is 6. The molecule has 2 spiro atoms. The highest BCUT2D eigenvalue weighted by Crippen LogP contribution is 2.70. The van der Waals surface area contributed by atoms with Gasteiger partial charge >= 0.3 is 0 Å². The van der Waals surface area contributed by atoms with Crippen LogP contribution in [0.1, 0.15) is 134 Å². The number of allylic oxidation sites excluding steroid dienone is 10. The Kier molecular flexibility index (Phi) is 7.21. The Morgan fingerprint density at radius 2 is 1.04 bits per heavy atom. The molecule has 8 heteroatoms. The molecule has 2 heterocycles. The van der Waals surface area contributed by atoms with E-state index in [9.17, 15) is 10.5 Å². The molecule has 0 saturated heterocycles. The average Bonchev–Trinajstić information content (AvgIpc) is 3.85. The van der Waals surface area contributed by atoms with Crippen LogP contribution in [0.15, 0.2) is 34.7 Å². The van der Waals surface area contributed by atoms with E-state index in [4.69, 9.17) is 23.1 Å². The SMILES string of the molecule is [C-]#[N+]/C(C#N)=C1\C=C(c2nc3c(s2)C2=C(c4sc(C5=C/C(=C(\C#N)[N+]#[C-])CCC5)nc4C24CCCCC4)C32CCCCC2)CCC1. The largest absolute Gasteiger partial charge is 0.265 e. The highest BCUT2D eigenvalue weighted by molar-refractivity contribution is 7.15. The molecule has 2 saturated carbocycles. The molecular weight excluding hydrogens is 605 g/mol. The minimum atomic E-state index is -0.0799. The maximum atomic E-state index is 9.56. The van der Waals surface area contributed by atoms with Crippen molar-refractivity contribution in [2.45, 2.75) is 114 Å². The number of fused-ring (bicyclic) bond motifs is 8. The van der Waals surface area contributed by atoms with Gasteiger partial charge in [0, 0.05) is 10.8 Å². The van der Waals surface area contributed by atoms with Crippen molar-refractivity contribution in [2.75, 3.05) is 0 Å². The third-order valence-corrected chi connectivity index (χ3v) is 13.6. The summed E-state index contributed by atoms with van der Waals surface area (Å²) in [5.41, 5.74) is 10.0. The van der Waals surface area contributed by atoms with E-state index < -0.39 is 0 Å². The van der Waals surface area contributed by atoms with Crippen LogP contribution in [0.25, 0.3) is 32.0 Å². The van der Waals surface area contributed by atoms with Gasteiger partial charge in [-0.3, -0.25) is 0 Å². The second-order valence-corrected chi connectivity index (χ2v) is 15.7. The monoisotopic (exact) mass is 638 g/mol. The molecule has 0 unspecified atom stereocenters. The summed E-state index contributed by atoms with van der Waals surface area (Å²) in [4.78, 5) is 20.9. The van der Waals surface area contributed by atoms with Crippen molar-refractivity contribution in [1.82, 2.24) is 9.97 Å². The molecular formula is C38H34N6S2. The number of hydrogen-bond donors (Lipinski definition) is 0. The van der Waals surface area contributed by atoms with Gasteiger partial charge < -0.3 is 0 Å². The Bertz CT molecular complexity index is 1830. The number of nitrogens with zero attached hydrogens (tertiary/aromatic N) is 6. The summed E-state index contributed by atoms with van der Waals surface area (Å²) in [6.45, 7) is 15.0. The van der Waals surface area contributed by atoms with Crippen molar-refractivity contribution in [1.29, 1.82) is 10.5 Å². The summed E-state index contributed by atoms with van der Waals surface area (Å²) < 4.78 is 0. The van der Waals surface area contributed by atoms with E-state index in [1.54, 1.807) is 0 Å². The molecule has 228 valence electrons. The zero-order chi connectivity index (χ0) is 31.5. The number of nitriles is 2. The molecule has 2 aromatic heterocycles. The zero-order valence-corrected chi connectivity index (χ0v) is 27.6. The van der Waals surface area contributed by atoms with Gasteiger partial charge in [0.15, 0.2) is 0 Å². The molecule has 2 aromatic rings. The lowest BCUT2D eigenvalue weighted by Crippen LogP contribution is -2.29. The summed E-state index contributed by atoms with van der Waals surface area (Å²) in [6.07, 6.45) is 21.3. The first kappa shape index (κ1) is 29.3. The first-order chi connectivity index (χ1) is 22.6. The van der Waals surface area contributed by atoms with Crippen LogP contribution in [0.2, 0.25) is 0 Å². The van der Waals surface area contributed by atoms with E-state index in [0.29, 0.717) is 0 Å². The van der Waals surface area contributed by atoms with Gasteiger partial charge in [-0.25, -0.2) is 30.2 Å². The number of thiazole rings is 2. The summed E-state index contributed by atoms with van der Waals surface area (Å²) in [5.74, 6) is 0. The maximum Gasteiger partial charge on any atom is 0.265 e. The molecule has 0 aromatic carbocycles. The molecule has 2 fully saturated rings. The minimum absolute atomic E-state index is 0.0799. The predicted molar refractivity (Wildman–Crippen MR) is 183 cm³/mol. The second-order valence-electron chi connectivity index (χ2n) is 13.7. The topological polar surface area (TPSA) is 82.1 Å². The second kappa shape index (κ2) is 11.3. The molecule has 0 N–H and O–H groups in total. The first-order valence-electron chi connectivity index (χ1n) is 16.8. The molecule has 46 heavy (non-hydrogen) atoms. The molecule has 0 amide bonds. The highest BCUT2D eigenvalue weighted by Gasteiger charge is 2.60. The van der Waals surface area contributed by atoms with Gasteiger partial charge in [0.25, 0.3) is 11.4 Å². The van der Waals surface area contributed by atoms with Crippen LogP contribution in [-0.2, 0) is 10.8 Å². The predicted octanol–water partition coefficient (Wildman–Crippen LogP) is 10.5. The van der Waals surface area contributed by atoms with E-state index in [-0.39, 0.29) is 22.2 Å². The summed E-state index contributed by atoms with van der Waals surface area (Å²) >= 11 is 3.73. The standard InChI is InChI=1S/C38H34N6S2/c1-41-27(21-39)23-11-9-13-25(19-23)35-43-33-31(45-35)29-30(37(33)15-5-3-6-16-37)32-34(38(29)17-7-4-8-18-38)44-36(46-32)26-14-10-12-24(20-26)28(22-40)42-2/h19-20H,3-18H2/b27-23-,28-24+. The van der Waals surface area contributed by atoms with E-state index in [1.807, 2.05) is 22.7 Å². The van der Waals surface area contributed by atoms with Crippen molar-refractivity contribution >= 4 is 45.0 Å². The van der Waals surface area contributed by atoms with Gasteiger partial charge in [0.2, 0.25) is 0 Å². The Morgan fingerprint density at radius 1 is 0.630 bits per heavy atom. The van der Waals surface area contributed by atoms with Crippen molar-refractivity contribution in [3.63, 3.8) is 0 Å². The normalized spacial score (nSPS) is 24.5. The first-order valence-corrected chi connectivity index (χ1v) is 18.4. The minimum Gasteiger partial charge on any atom is -0.240 e. The van der Waals surface area contributed by atoms with Crippen LogP contribution in [0.5, 0.6) is 0 Å². The third-order valence-electron chi connectivity index (χ3n) is 11.3. The van der Waals surface area contributed by atoms with Gasteiger partial charge in [-0.15, -0.1) is 22.7 Å². The van der Waals surface area contributed by atoms with Crippen molar-refractivity contribution in [3.05, 3.63) is 88.7 Å². The lowest BCUT2D eigenvalue weighted by molar-refractivity contribution is 0.366. The molecule has 6 aliphatic rings. The fourth-order valence-electron chi connectivity index (χ4n) is 9.26. The Labute approximate surface area is 278 Å². The van der Waals surface area contributed by atoms with Gasteiger partial charge in [-0.05, 0) is 97.6 Å². The smallest absolute Gasteiger partial charge is 0.240 e. The van der Waals surface area contributed by atoms with E-state index in [2.05, 4.69) is 34.0 Å². The molecule has 8 rings (SSSR count). The van der Waals surface area contributed by atoms with Crippen LogP contribution < -0.4 is 0 Å². The van der Waals surface area contributed by atoms with Crippen LogP contribution in [0.4, 0.5) is 0 Å². The van der Waals surface area contributed by atoms with Crippen molar-refractivity contribution in [3.8, 4) is 12.1 Å². The quantitative estimate of drug-likeness (QED) is 0.242. The molecule has 0 radical (unpaired) electrons. The van der Waals surface area contributed by atoms with E-state index in [1.165, 1.54) is 82.0 Å². The summed E-state index contributed by atoms with van der Waals surface area (Å²) in [5, 5.41) is 21.3. The van der Waals surface area contributed by atoms with Crippen LogP contribution in [-0.4, -0.2) is 9.97 Å². The zero-order valence-electron chi connectivity index (χ0n) is 26.0. The third kappa shape index (κ3) is 4.20. The fourth-order valence-corrected chi connectivity index (χ4v) is 12.0. The summed E-state index contributed by atoms with van der Waals surface area (Å²) in [7, 11) is 0. The van der Waals surface area contributed by atoms with Crippen LogP contribution in [0, 0.1) is 35.8 Å². The number of aromatic nitrogens is 2. The van der Waals surface area contributed by atoms with Crippen LogP contribution in [0.3, 0.4) is 0 Å². The molecule has 6 aliphatic carbocycles. The molecule has 0 aliphatic heterocycles. The average molecular weight is 639 g/mol. The van der Waals surface area contributed by atoms with Crippen LogP contribution >= 0.6 is 22.7 Å². The van der Waals surface area contributed by atoms with Crippen molar-refractivity contribution in [2.24, 2.45) is 0 Å². The lowest BCUT2D eigenvalue weighted by Gasteiger charge is -2.35. The Balaban J connectivity index is 1.31. The lowest BCUT2D eigenvalue weighted by atomic mass is 9.68. The fraction of sp³-hybridized carbons (Fsp3) is 0.474. The van der Waals surface area contributed by atoms with Gasteiger partial charge in [-0.2, -0.15) is 0 Å². The van der Waals surface area contributed by atoms with E-state index in [0.717, 1.165) is 85.4 Å². The molecule has 6 nitrogen and oxygen atoms in total. The van der Waals surface area contributed by atoms with Crippen molar-refractivity contribution < 1.29 is 0 Å². The Hall–Kier alpha value is -4.08. The molecule has 0 atom stereocenters. The maximum absolute atomic E-state index is 9.56. The van der Waals surface area contributed by atoms with Gasteiger partial charge in [-0.1, -0.05) is 50.7 Å². The Morgan fingerprint density at radius 3 is 1.41 bits per heavy atom. The van der Waals surface area contributed by atoms with Gasteiger partial charge in [0.1, 0.15) is 10.0 Å². The molecule has 0 bridgehead atoms. The van der Waals surface area contributed by atoms with Gasteiger partial charge in [0.05, 0.1) is 46.4 Å². The summed E-state index contributed by atoms with van der Waals surface area (Å²) in [6, 6.07) is 4.23.